The molecule has 1 atom stereocenters. The highest BCUT2D eigenvalue weighted by molar-refractivity contribution is 4.86. The number of rotatable bonds is 3. The van der Waals surface area contributed by atoms with Gasteiger partial charge in [0.05, 0.1) is 0 Å². The average Bonchev–Trinajstić information content (AvgIpc) is 1.69. The molecule has 0 saturated heterocycles. The van der Waals surface area contributed by atoms with Crippen LogP contribution in [-0.4, -0.2) is 13.1 Å². The van der Waals surface area contributed by atoms with Gasteiger partial charge in [-0.3, -0.25) is 0 Å². The second kappa shape index (κ2) is 3.67. The molecule has 0 fully saturated rings. The Balaban J connectivity index is 3.51. The van der Waals surface area contributed by atoms with E-state index in [2.05, 4.69) is 25.7 Å². The molecule has 0 rings (SSSR count). The maximum Gasteiger partial charge on any atom is 0.0267 e. The highest BCUT2D eigenvalue weighted by atomic mass is 14.9. The Morgan fingerprint density at radius 3 is 2.00 bits per heavy atom. The van der Waals surface area contributed by atoms with Gasteiger partial charge in [-0.2, -0.15) is 0 Å². The molecule has 0 aromatic carbocycles. The molecule has 8 heavy (non-hydrogen) atoms. The van der Waals surface area contributed by atoms with E-state index in [-0.39, 0.29) is 0 Å². The Labute approximate surface area is 51.8 Å². The van der Waals surface area contributed by atoms with Crippen molar-refractivity contribution in [3.8, 4) is 0 Å². The third kappa shape index (κ3) is 2.12. The highest BCUT2D eigenvalue weighted by Crippen LogP contribution is 1.99. The molecule has 0 aliphatic carbocycles. The van der Waals surface area contributed by atoms with Gasteiger partial charge in [-0.25, -0.2) is 0 Å². The first-order valence-electron chi connectivity index (χ1n) is 3.02. The van der Waals surface area contributed by atoms with E-state index in [4.69, 9.17) is 0 Å². The van der Waals surface area contributed by atoms with Crippen molar-refractivity contribution >= 4 is 0 Å². The highest BCUT2D eigenvalue weighted by Gasteiger charge is 2.03. The van der Waals surface area contributed by atoms with E-state index in [0.717, 1.165) is 0 Å². The normalized spacial score (nSPS) is 14.0. The molecular formula is C7H15N. The predicted octanol–water partition coefficient (Wildman–Crippen LogP) is 1.42. The van der Waals surface area contributed by atoms with Crippen LogP contribution < -0.4 is 5.32 Å². The fourth-order valence-electron chi connectivity index (χ4n) is 0.723. The first-order chi connectivity index (χ1) is 3.72. The number of hydrogen-bond donors (Lipinski definition) is 1. The SMILES string of the molecule is C=C[C@@H](NC)C(C)C. The molecule has 0 amide bonds. The summed E-state index contributed by atoms with van der Waals surface area (Å²) >= 11 is 0. The van der Waals surface area contributed by atoms with Gasteiger partial charge in [0.1, 0.15) is 0 Å². The van der Waals surface area contributed by atoms with Gasteiger partial charge >= 0.3 is 0 Å². The third-order valence-electron chi connectivity index (χ3n) is 1.31. The van der Waals surface area contributed by atoms with Crippen molar-refractivity contribution in [1.82, 2.24) is 5.32 Å². The maximum absolute atomic E-state index is 3.69. The second-order valence-corrected chi connectivity index (χ2v) is 2.29. The van der Waals surface area contributed by atoms with Gasteiger partial charge in [0.15, 0.2) is 0 Å². The van der Waals surface area contributed by atoms with Gasteiger partial charge in [-0.15, -0.1) is 6.58 Å². The molecule has 48 valence electrons. The number of nitrogens with one attached hydrogen (secondary N) is 1. The Kier molecular flexibility index (Phi) is 3.53. The van der Waals surface area contributed by atoms with E-state index in [1.165, 1.54) is 0 Å². The van der Waals surface area contributed by atoms with Crippen LogP contribution in [0.1, 0.15) is 13.8 Å². The molecule has 0 radical (unpaired) electrons. The molecule has 1 heteroatoms. The van der Waals surface area contributed by atoms with Crippen LogP contribution in [0.25, 0.3) is 0 Å². The Hall–Kier alpha value is -0.300. The topological polar surface area (TPSA) is 12.0 Å². The minimum absolute atomic E-state index is 0.468. The lowest BCUT2D eigenvalue weighted by molar-refractivity contribution is 0.500. The summed E-state index contributed by atoms with van der Waals surface area (Å²) in [5.41, 5.74) is 0. The monoisotopic (exact) mass is 113 g/mol. The van der Waals surface area contributed by atoms with Crippen molar-refractivity contribution in [2.24, 2.45) is 5.92 Å². The average molecular weight is 113 g/mol. The summed E-state index contributed by atoms with van der Waals surface area (Å²) in [7, 11) is 1.95. The van der Waals surface area contributed by atoms with E-state index in [9.17, 15) is 0 Å². The molecule has 1 nitrogen and oxygen atoms in total. The van der Waals surface area contributed by atoms with Crippen LogP contribution in [0.5, 0.6) is 0 Å². The van der Waals surface area contributed by atoms with Crippen LogP contribution in [0.4, 0.5) is 0 Å². The molecule has 0 aromatic rings. The number of hydrogen-bond acceptors (Lipinski definition) is 1. The van der Waals surface area contributed by atoms with E-state index in [0.29, 0.717) is 12.0 Å². The molecule has 1 N–H and O–H groups in total. The van der Waals surface area contributed by atoms with Crippen LogP contribution in [-0.2, 0) is 0 Å². The molecule has 0 aliphatic heterocycles. The van der Waals surface area contributed by atoms with Gasteiger partial charge < -0.3 is 5.32 Å². The lowest BCUT2D eigenvalue weighted by Gasteiger charge is -2.14. The van der Waals surface area contributed by atoms with Crippen molar-refractivity contribution in [2.75, 3.05) is 7.05 Å². The molecule has 0 unspecified atom stereocenters. The van der Waals surface area contributed by atoms with Crippen LogP contribution >= 0.6 is 0 Å². The molecule has 0 aliphatic rings. The first kappa shape index (κ1) is 7.70. The van der Waals surface area contributed by atoms with E-state index < -0.39 is 0 Å². The minimum atomic E-state index is 0.468. The van der Waals surface area contributed by atoms with Gasteiger partial charge in [-0.1, -0.05) is 19.9 Å². The fraction of sp³-hybridized carbons (Fsp3) is 0.714. The standard InChI is InChI=1S/C7H15N/c1-5-7(8-4)6(2)3/h5-8H,1H2,2-4H3/t7-/m1/s1. The largest absolute Gasteiger partial charge is 0.313 e. The van der Waals surface area contributed by atoms with Crippen molar-refractivity contribution in [3.63, 3.8) is 0 Å². The van der Waals surface area contributed by atoms with Crippen LogP contribution in [0.15, 0.2) is 12.7 Å². The molecule has 0 aromatic heterocycles. The summed E-state index contributed by atoms with van der Waals surface area (Å²) in [6, 6.07) is 0.468. The predicted molar refractivity (Wildman–Crippen MR) is 37.9 cm³/mol. The van der Waals surface area contributed by atoms with Gasteiger partial charge in [0, 0.05) is 6.04 Å². The lowest BCUT2D eigenvalue weighted by Crippen LogP contribution is -2.27. The zero-order chi connectivity index (χ0) is 6.57. The summed E-state index contributed by atoms with van der Waals surface area (Å²) < 4.78 is 0. The molecule has 0 spiro atoms. The Bertz CT molecular complexity index is 66.8. The summed E-state index contributed by atoms with van der Waals surface area (Å²) in [6.07, 6.45) is 1.94. The van der Waals surface area contributed by atoms with Gasteiger partial charge in [0.2, 0.25) is 0 Å². The van der Waals surface area contributed by atoms with E-state index in [1.54, 1.807) is 0 Å². The summed E-state index contributed by atoms with van der Waals surface area (Å²) in [5.74, 6) is 0.650. The fourth-order valence-corrected chi connectivity index (χ4v) is 0.723. The molecule has 0 saturated carbocycles. The van der Waals surface area contributed by atoms with Gasteiger partial charge in [-0.05, 0) is 13.0 Å². The molecular weight excluding hydrogens is 98.1 g/mol. The minimum Gasteiger partial charge on any atom is -0.313 e. The molecule has 0 bridgehead atoms. The summed E-state index contributed by atoms with van der Waals surface area (Å²) in [4.78, 5) is 0. The van der Waals surface area contributed by atoms with Gasteiger partial charge in [0.25, 0.3) is 0 Å². The smallest absolute Gasteiger partial charge is 0.0267 e. The van der Waals surface area contributed by atoms with Crippen LogP contribution in [0, 0.1) is 5.92 Å². The Morgan fingerprint density at radius 2 is 2.00 bits per heavy atom. The van der Waals surface area contributed by atoms with Crippen molar-refractivity contribution < 1.29 is 0 Å². The van der Waals surface area contributed by atoms with Crippen LogP contribution in [0.3, 0.4) is 0 Å². The molecule has 0 heterocycles. The quantitative estimate of drug-likeness (QED) is 0.546. The van der Waals surface area contributed by atoms with Crippen molar-refractivity contribution in [2.45, 2.75) is 19.9 Å². The van der Waals surface area contributed by atoms with Crippen molar-refractivity contribution in [3.05, 3.63) is 12.7 Å². The maximum atomic E-state index is 3.69. The lowest BCUT2D eigenvalue weighted by atomic mass is 10.1. The number of likely N-dealkylation sites (N-methyl/N-ethyl adjacent to an activating group) is 1. The van der Waals surface area contributed by atoms with Crippen LogP contribution in [0.2, 0.25) is 0 Å². The second-order valence-electron chi connectivity index (χ2n) is 2.29. The van der Waals surface area contributed by atoms with Crippen molar-refractivity contribution in [1.29, 1.82) is 0 Å². The summed E-state index contributed by atoms with van der Waals surface area (Å²) in [6.45, 7) is 8.03. The summed E-state index contributed by atoms with van der Waals surface area (Å²) in [5, 5.41) is 3.13. The first-order valence-corrected chi connectivity index (χ1v) is 3.02. The van der Waals surface area contributed by atoms with E-state index >= 15 is 0 Å². The zero-order valence-corrected chi connectivity index (χ0v) is 5.94. The Morgan fingerprint density at radius 1 is 1.50 bits per heavy atom. The third-order valence-corrected chi connectivity index (χ3v) is 1.31. The van der Waals surface area contributed by atoms with E-state index in [1.807, 2.05) is 13.1 Å². The zero-order valence-electron chi connectivity index (χ0n) is 5.94.